The maximum Gasteiger partial charge on any atom is 0.345 e. The Morgan fingerprint density at radius 3 is 1.63 bits per heavy atom. The highest BCUT2D eigenvalue weighted by molar-refractivity contribution is 6.69. The van der Waals surface area contributed by atoms with Gasteiger partial charge >= 0.3 is 8.56 Å². The number of hydrogen-bond acceptors (Lipinski definition) is 2. The summed E-state index contributed by atoms with van der Waals surface area (Å²) in [5.41, 5.74) is 0. The Labute approximate surface area is 120 Å². The van der Waals surface area contributed by atoms with Crippen molar-refractivity contribution in [2.75, 3.05) is 13.2 Å². The molecular formula is C16H32O2Si. The number of unbranched alkanes of at least 4 members (excludes halogenated alkanes) is 6. The van der Waals surface area contributed by atoms with Crippen LogP contribution < -0.4 is 0 Å². The van der Waals surface area contributed by atoms with E-state index in [9.17, 15) is 0 Å². The van der Waals surface area contributed by atoms with Crippen LogP contribution in [0.2, 0.25) is 12.1 Å². The second kappa shape index (κ2) is 10.6. The highest BCUT2D eigenvalue weighted by Gasteiger charge is 2.38. The van der Waals surface area contributed by atoms with Crippen molar-refractivity contribution in [2.45, 2.75) is 77.3 Å². The molecular weight excluding hydrogens is 252 g/mol. The molecule has 3 heteroatoms. The van der Waals surface area contributed by atoms with Crippen LogP contribution in [0.1, 0.15) is 65.2 Å². The molecule has 0 aromatic carbocycles. The van der Waals surface area contributed by atoms with E-state index in [0.717, 1.165) is 25.3 Å². The lowest BCUT2D eigenvalue weighted by atomic mass is 10.2. The summed E-state index contributed by atoms with van der Waals surface area (Å²) in [7, 11) is -1.86. The predicted octanol–water partition coefficient (Wildman–Crippen LogP) is 5.19. The fraction of sp³-hybridized carbons (Fsp3) is 0.875. The third kappa shape index (κ3) is 7.28. The van der Waals surface area contributed by atoms with Gasteiger partial charge in [-0.05, 0) is 12.8 Å². The van der Waals surface area contributed by atoms with Gasteiger partial charge in [-0.15, -0.1) is 0 Å². The third-order valence-electron chi connectivity index (χ3n) is 3.75. The first kappa shape index (κ1) is 16.9. The lowest BCUT2D eigenvalue weighted by molar-refractivity contribution is 0.167. The van der Waals surface area contributed by atoms with Gasteiger partial charge in [0.05, 0.1) is 0 Å². The van der Waals surface area contributed by atoms with Gasteiger partial charge in [-0.3, -0.25) is 0 Å². The molecule has 0 saturated heterocycles. The van der Waals surface area contributed by atoms with Gasteiger partial charge in [-0.2, -0.15) is 0 Å². The molecule has 0 spiro atoms. The Bertz CT molecular complexity index is 217. The van der Waals surface area contributed by atoms with E-state index in [2.05, 4.69) is 26.0 Å². The summed E-state index contributed by atoms with van der Waals surface area (Å²) in [5, 5.41) is 0. The highest BCUT2D eigenvalue weighted by Crippen LogP contribution is 2.27. The van der Waals surface area contributed by atoms with Crippen molar-refractivity contribution in [3.8, 4) is 0 Å². The summed E-state index contributed by atoms with van der Waals surface area (Å²) in [5.74, 6) is 0. The summed E-state index contributed by atoms with van der Waals surface area (Å²) in [6.45, 7) is 6.31. The summed E-state index contributed by atoms with van der Waals surface area (Å²) in [6.07, 6.45) is 14.7. The molecule has 0 aromatic heterocycles. The minimum absolute atomic E-state index is 0.906. The van der Waals surface area contributed by atoms with Crippen molar-refractivity contribution in [2.24, 2.45) is 0 Å². The van der Waals surface area contributed by atoms with Crippen LogP contribution in [0.4, 0.5) is 0 Å². The van der Waals surface area contributed by atoms with E-state index in [1.807, 2.05) is 0 Å². The van der Waals surface area contributed by atoms with Crippen LogP contribution >= 0.6 is 0 Å². The van der Waals surface area contributed by atoms with Gasteiger partial charge in [-0.25, -0.2) is 0 Å². The topological polar surface area (TPSA) is 18.5 Å². The van der Waals surface area contributed by atoms with E-state index in [1.165, 1.54) is 51.4 Å². The van der Waals surface area contributed by atoms with Gasteiger partial charge in [0.2, 0.25) is 0 Å². The summed E-state index contributed by atoms with van der Waals surface area (Å²) in [6, 6.07) is 2.13. The zero-order valence-electron chi connectivity index (χ0n) is 13.0. The summed E-state index contributed by atoms with van der Waals surface area (Å²) >= 11 is 0. The Hall–Kier alpha value is -0.123. The lowest BCUT2D eigenvalue weighted by Crippen LogP contribution is -2.40. The van der Waals surface area contributed by atoms with Gasteiger partial charge in [0.25, 0.3) is 0 Å². The molecule has 0 aliphatic carbocycles. The summed E-state index contributed by atoms with van der Waals surface area (Å²) in [4.78, 5) is 0. The molecule has 1 aliphatic rings. The maximum atomic E-state index is 6.20. The lowest BCUT2D eigenvalue weighted by Gasteiger charge is -2.26. The Kier molecular flexibility index (Phi) is 9.48. The van der Waals surface area contributed by atoms with Crippen molar-refractivity contribution in [1.29, 1.82) is 0 Å². The Morgan fingerprint density at radius 2 is 1.21 bits per heavy atom. The van der Waals surface area contributed by atoms with Gasteiger partial charge < -0.3 is 8.85 Å². The monoisotopic (exact) mass is 284 g/mol. The molecule has 0 atom stereocenters. The van der Waals surface area contributed by atoms with Crippen molar-refractivity contribution in [3.05, 3.63) is 12.2 Å². The first-order valence-corrected chi connectivity index (χ1v) is 10.5. The van der Waals surface area contributed by atoms with Gasteiger partial charge in [0.1, 0.15) is 0 Å². The average Bonchev–Trinajstić information content (AvgIpc) is 2.88. The van der Waals surface area contributed by atoms with Crippen LogP contribution in [0.5, 0.6) is 0 Å². The highest BCUT2D eigenvalue weighted by atomic mass is 28.4. The zero-order chi connectivity index (χ0) is 13.8. The second-order valence-electron chi connectivity index (χ2n) is 5.61. The van der Waals surface area contributed by atoms with Crippen LogP contribution in [-0.4, -0.2) is 21.8 Å². The first-order chi connectivity index (χ1) is 9.33. The maximum absolute atomic E-state index is 6.20. The van der Waals surface area contributed by atoms with Gasteiger partial charge in [0.15, 0.2) is 0 Å². The van der Waals surface area contributed by atoms with Crippen molar-refractivity contribution >= 4 is 8.56 Å². The number of allylic oxidation sites excluding steroid dienone is 2. The SMILES string of the molecule is CCCCCCO[Si]1(OCCCCCC)CC=CC1. The van der Waals surface area contributed by atoms with Gasteiger partial charge in [0, 0.05) is 25.3 Å². The van der Waals surface area contributed by atoms with Crippen LogP contribution in [0.15, 0.2) is 12.2 Å². The Morgan fingerprint density at radius 1 is 0.737 bits per heavy atom. The summed E-state index contributed by atoms with van der Waals surface area (Å²) < 4.78 is 12.4. The molecule has 0 saturated carbocycles. The number of rotatable bonds is 12. The number of hydrogen-bond donors (Lipinski definition) is 0. The molecule has 0 bridgehead atoms. The van der Waals surface area contributed by atoms with E-state index >= 15 is 0 Å². The second-order valence-corrected chi connectivity index (χ2v) is 8.82. The van der Waals surface area contributed by atoms with Crippen molar-refractivity contribution in [1.82, 2.24) is 0 Å². The third-order valence-corrected chi connectivity index (χ3v) is 6.93. The van der Waals surface area contributed by atoms with Crippen LogP contribution in [0.25, 0.3) is 0 Å². The largest absolute Gasteiger partial charge is 0.394 e. The van der Waals surface area contributed by atoms with E-state index < -0.39 is 8.56 Å². The van der Waals surface area contributed by atoms with Crippen molar-refractivity contribution in [3.63, 3.8) is 0 Å². The molecule has 112 valence electrons. The van der Waals surface area contributed by atoms with E-state index in [1.54, 1.807) is 0 Å². The minimum Gasteiger partial charge on any atom is -0.394 e. The quantitative estimate of drug-likeness (QED) is 0.279. The first-order valence-electron chi connectivity index (χ1n) is 8.26. The molecule has 0 fully saturated rings. The molecule has 1 rings (SSSR count). The van der Waals surface area contributed by atoms with Crippen molar-refractivity contribution < 1.29 is 8.85 Å². The van der Waals surface area contributed by atoms with Crippen LogP contribution in [-0.2, 0) is 8.85 Å². The van der Waals surface area contributed by atoms with E-state index in [4.69, 9.17) is 8.85 Å². The molecule has 0 radical (unpaired) electrons. The van der Waals surface area contributed by atoms with Crippen LogP contribution in [0, 0.1) is 0 Å². The average molecular weight is 285 g/mol. The Balaban J connectivity index is 2.14. The molecule has 0 amide bonds. The molecule has 0 N–H and O–H groups in total. The predicted molar refractivity (Wildman–Crippen MR) is 84.7 cm³/mol. The molecule has 0 unspecified atom stereocenters. The van der Waals surface area contributed by atoms with E-state index in [-0.39, 0.29) is 0 Å². The van der Waals surface area contributed by atoms with Gasteiger partial charge in [-0.1, -0.05) is 64.5 Å². The molecule has 2 nitrogen and oxygen atoms in total. The smallest absolute Gasteiger partial charge is 0.345 e. The zero-order valence-corrected chi connectivity index (χ0v) is 14.0. The minimum atomic E-state index is -1.86. The standard InChI is InChI=1S/C16H32O2Si/c1-3-5-7-9-13-17-19(15-11-12-16-19)18-14-10-8-6-4-2/h11-12H,3-10,13-16H2,1-2H3. The fourth-order valence-electron chi connectivity index (χ4n) is 2.46. The normalized spacial score (nSPS) is 17.2. The van der Waals surface area contributed by atoms with E-state index in [0.29, 0.717) is 0 Å². The van der Waals surface area contributed by atoms with Crippen LogP contribution in [0.3, 0.4) is 0 Å². The molecule has 19 heavy (non-hydrogen) atoms. The molecule has 1 heterocycles. The molecule has 0 aromatic rings. The fourth-order valence-corrected chi connectivity index (χ4v) is 5.27. The molecule has 1 aliphatic heterocycles.